The van der Waals surface area contributed by atoms with Crippen molar-refractivity contribution in [2.45, 2.75) is 40.0 Å². The molecule has 1 aliphatic rings. The first kappa shape index (κ1) is 20.7. The van der Waals surface area contributed by atoms with E-state index in [-0.39, 0.29) is 11.8 Å². The SMILES string of the molecule is CCOc1ccc2nc(N3CCCC(C(=O)Nc4c(C)cccc4CC)C3)sc2c1. The van der Waals surface area contributed by atoms with E-state index in [4.69, 9.17) is 9.72 Å². The van der Waals surface area contributed by atoms with Crippen molar-refractivity contribution in [3.05, 3.63) is 47.5 Å². The number of para-hydroxylation sites is 1. The topological polar surface area (TPSA) is 54.5 Å². The molecule has 1 unspecified atom stereocenters. The van der Waals surface area contributed by atoms with E-state index in [9.17, 15) is 4.79 Å². The molecule has 5 nitrogen and oxygen atoms in total. The van der Waals surface area contributed by atoms with Crippen LogP contribution in [-0.4, -0.2) is 30.6 Å². The summed E-state index contributed by atoms with van der Waals surface area (Å²) in [5.74, 6) is 0.957. The molecule has 0 saturated carbocycles. The lowest BCUT2D eigenvalue weighted by Crippen LogP contribution is -2.40. The molecule has 1 atom stereocenters. The van der Waals surface area contributed by atoms with Crippen molar-refractivity contribution in [2.75, 3.05) is 29.9 Å². The zero-order valence-electron chi connectivity index (χ0n) is 17.9. The van der Waals surface area contributed by atoms with Crippen LogP contribution in [0.4, 0.5) is 10.8 Å². The summed E-state index contributed by atoms with van der Waals surface area (Å²) >= 11 is 1.67. The zero-order chi connectivity index (χ0) is 21.1. The van der Waals surface area contributed by atoms with E-state index < -0.39 is 0 Å². The van der Waals surface area contributed by atoms with Gasteiger partial charge < -0.3 is 15.0 Å². The molecule has 1 amide bonds. The smallest absolute Gasteiger partial charge is 0.229 e. The van der Waals surface area contributed by atoms with Gasteiger partial charge in [-0.1, -0.05) is 36.5 Å². The maximum absolute atomic E-state index is 13.1. The second-order valence-electron chi connectivity index (χ2n) is 7.80. The highest BCUT2D eigenvalue weighted by molar-refractivity contribution is 7.22. The number of aryl methyl sites for hydroxylation is 2. The summed E-state index contributed by atoms with van der Waals surface area (Å²) in [4.78, 5) is 20.2. The van der Waals surface area contributed by atoms with Gasteiger partial charge in [-0.2, -0.15) is 0 Å². The average molecular weight is 424 g/mol. The highest BCUT2D eigenvalue weighted by Crippen LogP contribution is 2.34. The molecule has 1 N–H and O–H groups in total. The second kappa shape index (κ2) is 9.04. The summed E-state index contributed by atoms with van der Waals surface area (Å²) < 4.78 is 6.74. The van der Waals surface area contributed by atoms with E-state index in [1.807, 2.05) is 19.1 Å². The molecule has 2 heterocycles. The Morgan fingerprint density at radius 1 is 1.30 bits per heavy atom. The number of carbonyl (C=O) groups excluding carboxylic acids is 1. The van der Waals surface area contributed by atoms with E-state index in [1.165, 1.54) is 5.56 Å². The van der Waals surface area contributed by atoms with Crippen LogP contribution in [0, 0.1) is 12.8 Å². The normalized spacial score (nSPS) is 16.6. The minimum atomic E-state index is -0.0333. The summed E-state index contributed by atoms with van der Waals surface area (Å²) in [5, 5.41) is 4.21. The lowest BCUT2D eigenvalue weighted by atomic mass is 9.96. The standard InChI is InChI=1S/C24H29N3O2S/c1-4-17-9-6-8-16(3)22(17)26-23(28)18-10-7-13-27(15-18)24-25-20-12-11-19(29-5-2)14-21(20)30-24/h6,8-9,11-12,14,18H,4-5,7,10,13,15H2,1-3H3,(H,26,28). The molecule has 158 valence electrons. The number of carbonyl (C=O) groups is 1. The van der Waals surface area contributed by atoms with Crippen LogP contribution < -0.4 is 15.0 Å². The third-order valence-electron chi connectivity index (χ3n) is 5.71. The molecule has 1 fully saturated rings. The Morgan fingerprint density at radius 3 is 2.97 bits per heavy atom. The summed E-state index contributed by atoms with van der Waals surface area (Å²) in [6, 6.07) is 12.2. The molecule has 1 aromatic heterocycles. The number of benzene rings is 2. The molecule has 2 aromatic carbocycles. The predicted octanol–water partition coefficient (Wildman–Crippen LogP) is 5.42. The molecule has 1 aliphatic heterocycles. The van der Waals surface area contributed by atoms with Crippen LogP contribution in [0.3, 0.4) is 0 Å². The lowest BCUT2D eigenvalue weighted by molar-refractivity contribution is -0.120. The van der Waals surface area contributed by atoms with Gasteiger partial charge in [0, 0.05) is 18.8 Å². The maximum Gasteiger partial charge on any atom is 0.229 e. The van der Waals surface area contributed by atoms with Crippen LogP contribution in [0.15, 0.2) is 36.4 Å². The number of fused-ring (bicyclic) bond motifs is 1. The average Bonchev–Trinajstić information content (AvgIpc) is 3.19. The van der Waals surface area contributed by atoms with Gasteiger partial charge in [-0.05, 0) is 62.4 Å². The number of anilines is 2. The number of hydrogen-bond acceptors (Lipinski definition) is 5. The Morgan fingerprint density at radius 2 is 2.17 bits per heavy atom. The molecule has 6 heteroatoms. The van der Waals surface area contributed by atoms with Gasteiger partial charge in [0.25, 0.3) is 0 Å². The number of hydrogen-bond donors (Lipinski definition) is 1. The largest absolute Gasteiger partial charge is 0.494 e. The number of rotatable bonds is 6. The van der Waals surface area contributed by atoms with E-state index in [0.29, 0.717) is 13.2 Å². The highest BCUT2D eigenvalue weighted by atomic mass is 32.1. The summed E-state index contributed by atoms with van der Waals surface area (Å²) in [7, 11) is 0. The van der Waals surface area contributed by atoms with Gasteiger partial charge in [0.05, 0.1) is 22.7 Å². The van der Waals surface area contributed by atoms with Gasteiger partial charge in [0.1, 0.15) is 5.75 Å². The van der Waals surface area contributed by atoms with Crippen LogP contribution in [0.5, 0.6) is 5.75 Å². The van der Waals surface area contributed by atoms with E-state index in [0.717, 1.165) is 58.2 Å². The molecule has 0 radical (unpaired) electrons. The minimum absolute atomic E-state index is 0.0333. The molecule has 0 spiro atoms. The first-order valence-electron chi connectivity index (χ1n) is 10.8. The van der Waals surface area contributed by atoms with E-state index in [2.05, 4.69) is 48.3 Å². The van der Waals surface area contributed by atoms with Crippen molar-refractivity contribution in [3.63, 3.8) is 0 Å². The van der Waals surface area contributed by atoms with Crippen molar-refractivity contribution in [2.24, 2.45) is 5.92 Å². The lowest BCUT2D eigenvalue weighted by Gasteiger charge is -2.32. The molecule has 3 aromatic rings. The number of nitrogens with one attached hydrogen (secondary N) is 1. The number of aromatic nitrogens is 1. The van der Waals surface area contributed by atoms with Gasteiger partial charge in [0.15, 0.2) is 5.13 Å². The van der Waals surface area contributed by atoms with Gasteiger partial charge in [0.2, 0.25) is 5.91 Å². The van der Waals surface area contributed by atoms with Crippen LogP contribution in [-0.2, 0) is 11.2 Å². The molecule has 30 heavy (non-hydrogen) atoms. The zero-order valence-corrected chi connectivity index (χ0v) is 18.7. The fraction of sp³-hybridized carbons (Fsp3) is 0.417. The quantitative estimate of drug-likeness (QED) is 0.575. The van der Waals surface area contributed by atoms with Crippen LogP contribution in [0.25, 0.3) is 10.2 Å². The van der Waals surface area contributed by atoms with Crippen molar-refractivity contribution >= 4 is 38.3 Å². The first-order valence-corrected chi connectivity index (χ1v) is 11.6. The van der Waals surface area contributed by atoms with E-state index >= 15 is 0 Å². The number of amides is 1. The van der Waals surface area contributed by atoms with Crippen LogP contribution in [0.2, 0.25) is 0 Å². The first-order chi connectivity index (χ1) is 14.6. The fourth-order valence-electron chi connectivity index (χ4n) is 4.08. The summed E-state index contributed by atoms with van der Waals surface area (Å²) in [5.41, 5.74) is 4.27. The Kier molecular flexibility index (Phi) is 6.23. The second-order valence-corrected chi connectivity index (χ2v) is 8.81. The van der Waals surface area contributed by atoms with Crippen molar-refractivity contribution < 1.29 is 9.53 Å². The third kappa shape index (κ3) is 4.29. The van der Waals surface area contributed by atoms with Crippen LogP contribution >= 0.6 is 11.3 Å². The summed E-state index contributed by atoms with van der Waals surface area (Å²) in [6.07, 6.45) is 2.81. The number of thiazole rings is 1. The molecule has 0 bridgehead atoms. The van der Waals surface area contributed by atoms with Crippen molar-refractivity contribution in [3.8, 4) is 5.75 Å². The minimum Gasteiger partial charge on any atom is -0.494 e. The predicted molar refractivity (Wildman–Crippen MR) is 125 cm³/mol. The molecule has 0 aliphatic carbocycles. The molecule has 1 saturated heterocycles. The maximum atomic E-state index is 13.1. The van der Waals surface area contributed by atoms with E-state index in [1.54, 1.807) is 11.3 Å². The Bertz CT molecular complexity index is 1050. The summed E-state index contributed by atoms with van der Waals surface area (Å²) in [6.45, 7) is 8.46. The number of ether oxygens (including phenoxy) is 1. The van der Waals surface area contributed by atoms with Gasteiger partial charge in [-0.15, -0.1) is 0 Å². The number of nitrogens with zero attached hydrogens (tertiary/aromatic N) is 2. The van der Waals surface area contributed by atoms with Crippen LogP contribution in [0.1, 0.15) is 37.8 Å². The third-order valence-corrected chi connectivity index (χ3v) is 6.79. The molecular weight excluding hydrogens is 394 g/mol. The molecule has 4 rings (SSSR count). The Hall–Kier alpha value is -2.60. The van der Waals surface area contributed by atoms with Crippen molar-refractivity contribution in [1.82, 2.24) is 4.98 Å². The highest BCUT2D eigenvalue weighted by Gasteiger charge is 2.28. The van der Waals surface area contributed by atoms with Gasteiger partial charge in [-0.3, -0.25) is 4.79 Å². The van der Waals surface area contributed by atoms with Gasteiger partial charge >= 0.3 is 0 Å². The Labute approximate surface area is 182 Å². The molecular formula is C24H29N3O2S. The Balaban J connectivity index is 1.49. The number of piperidine rings is 1. The fourth-order valence-corrected chi connectivity index (χ4v) is 5.11. The monoisotopic (exact) mass is 423 g/mol. The van der Waals surface area contributed by atoms with Gasteiger partial charge in [-0.25, -0.2) is 4.98 Å². The van der Waals surface area contributed by atoms with Crippen molar-refractivity contribution in [1.29, 1.82) is 0 Å².